The number of nitrogens with zero attached hydrogens (tertiary/aromatic N) is 1. The van der Waals surface area contributed by atoms with Crippen molar-refractivity contribution in [1.82, 2.24) is 4.31 Å². The number of allylic oxidation sites excluding steroid dienone is 1. The Labute approximate surface area is 141 Å². The van der Waals surface area contributed by atoms with Crippen molar-refractivity contribution < 1.29 is 12.8 Å². The van der Waals surface area contributed by atoms with Crippen LogP contribution in [0.25, 0.3) is 11.0 Å². The van der Waals surface area contributed by atoms with Crippen LogP contribution >= 0.6 is 11.6 Å². The first kappa shape index (κ1) is 16.4. The molecule has 0 saturated heterocycles. The van der Waals surface area contributed by atoms with Crippen LogP contribution in [-0.4, -0.2) is 33.4 Å². The van der Waals surface area contributed by atoms with Gasteiger partial charge in [-0.1, -0.05) is 24.6 Å². The van der Waals surface area contributed by atoms with Crippen LogP contribution in [0.2, 0.25) is 5.02 Å². The molecule has 2 aromatic rings. The van der Waals surface area contributed by atoms with Crippen molar-refractivity contribution >= 4 is 38.3 Å². The van der Waals surface area contributed by atoms with Gasteiger partial charge in [0, 0.05) is 42.9 Å². The highest BCUT2D eigenvalue weighted by Crippen LogP contribution is 2.43. The second-order valence-corrected chi connectivity index (χ2v) is 8.47. The van der Waals surface area contributed by atoms with Crippen LogP contribution in [0.15, 0.2) is 34.3 Å². The van der Waals surface area contributed by atoms with Crippen LogP contribution in [0.3, 0.4) is 0 Å². The molecule has 0 radical (unpaired) electrons. The summed E-state index contributed by atoms with van der Waals surface area (Å²) in [5.41, 5.74) is 2.56. The summed E-state index contributed by atoms with van der Waals surface area (Å²) < 4.78 is 30.9. The van der Waals surface area contributed by atoms with E-state index < -0.39 is 10.0 Å². The van der Waals surface area contributed by atoms with Gasteiger partial charge in [-0.3, -0.25) is 0 Å². The average Bonchev–Trinajstić information content (AvgIpc) is 2.84. The molecule has 0 aliphatic carbocycles. The summed E-state index contributed by atoms with van der Waals surface area (Å²) in [6.45, 7) is 2.77. The number of hydrogen-bond acceptors (Lipinski definition) is 4. The molecule has 3 rings (SSSR count). The minimum Gasteiger partial charge on any atom is -0.464 e. The summed E-state index contributed by atoms with van der Waals surface area (Å²) in [6.07, 6.45) is 3.44. The van der Waals surface area contributed by atoms with Gasteiger partial charge in [0.25, 0.3) is 0 Å². The zero-order valence-electron chi connectivity index (χ0n) is 13.2. The third-order valence-electron chi connectivity index (χ3n) is 4.26. The topological polar surface area (TPSA) is 62.6 Å². The van der Waals surface area contributed by atoms with E-state index in [0.29, 0.717) is 11.6 Å². The van der Waals surface area contributed by atoms with E-state index in [2.05, 4.69) is 12.2 Å². The van der Waals surface area contributed by atoms with Gasteiger partial charge in [0.1, 0.15) is 5.58 Å². The number of sulfonamides is 1. The maximum absolute atomic E-state index is 12.0. The Morgan fingerprint density at radius 3 is 2.83 bits per heavy atom. The maximum atomic E-state index is 12.0. The van der Waals surface area contributed by atoms with Crippen molar-refractivity contribution in [2.45, 2.75) is 12.8 Å². The second-order valence-electron chi connectivity index (χ2n) is 6.03. The Hall–Kier alpha value is -1.50. The minimum atomic E-state index is -3.39. The van der Waals surface area contributed by atoms with Crippen LogP contribution in [0, 0.1) is 5.92 Å². The van der Waals surface area contributed by atoms with Crippen molar-refractivity contribution in [2.24, 2.45) is 5.92 Å². The van der Waals surface area contributed by atoms with E-state index in [-0.39, 0.29) is 11.8 Å². The second kappa shape index (κ2) is 5.85. The van der Waals surface area contributed by atoms with Crippen LogP contribution in [0.4, 0.5) is 5.69 Å². The fourth-order valence-corrected chi connectivity index (χ4v) is 3.68. The molecule has 2 atom stereocenters. The molecule has 1 aliphatic heterocycles. The summed E-state index contributed by atoms with van der Waals surface area (Å²) in [6, 6.07) is 3.64. The van der Waals surface area contributed by atoms with E-state index in [1.165, 1.54) is 23.8 Å². The molecule has 124 valence electrons. The third-order valence-corrected chi connectivity index (χ3v) is 6.09. The normalized spacial score (nSPS) is 21.8. The van der Waals surface area contributed by atoms with Gasteiger partial charge in [0.15, 0.2) is 0 Å². The Balaban J connectivity index is 2.12. The lowest BCUT2D eigenvalue weighted by Crippen LogP contribution is -2.20. The highest BCUT2D eigenvalue weighted by Gasteiger charge is 2.27. The fraction of sp³-hybridized carbons (Fsp3) is 0.375. The van der Waals surface area contributed by atoms with E-state index in [4.69, 9.17) is 16.0 Å². The molecule has 1 N–H and O–H groups in total. The molecule has 0 spiro atoms. The average molecular weight is 355 g/mol. The number of benzene rings is 1. The first-order chi connectivity index (χ1) is 10.8. The van der Waals surface area contributed by atoms with E-state index in [1.54, 1.807) is 18.4 Å². The van der Waals surface area contributed by atoms with Crippen LogP contribution < -0.4 is 5.32 Å². The van der Waals surface area contributed by atoms with Crippen LogP contribution in [0.1, 0.15) is 18.4 Å². The molecule has 7 heteroatoms. The number of hydrogen-bond donors (Lipinski definition) is 1. The molecular formula is C16H19ClN2O3S. The van der Waals surface area contributed by atoms with Gasteiger partial charge in [0.2, 0.25) is 10.0 Å². The van der Waals surface area contributed by atoms with Crippen molar-refractivity contribution in [1.29, 1.82) is 0 Å². The van der Waals surface area contributed by atoms with E-state index in [9.17, 15) is 8.42 Å². The molecular weight excluding hydrogens is 336 g/mol. The predicted molar refractivity (Wildman–Crippen MR) is 93.4 cm³/mol. The summed E-state index contributed by atoms with van der Waals surface area (Å²) in [5, 5.41) is 6.19. The van der Waals surface area contributed by atoms with Crippen molar-refractivity contribution in [2.75, 3.05) is 26.0 Å². The minimum absolute atomic E-state index is 0.0711. The predicted octanol–water partition coefficient (Wildman–Crippen LogP) is 3.64. The monoisotopic (exact) mass is 354 g/mol. The van der Waals surface area contributed by atoms with Crippen LogP contribution in [0.5, 0.6) is 0 Å². The zero-order valence-corrected chi connectivity index (χ0v) is 14.8. The number of rotatable bonds is 3. The fourth-order valence-electron chi connectivity index (χ4n) is 2.84. The first-order valence-electron chi connectivity index (χ1n) is 7.35. The lowest BCUT2D eigenvalue weighted by Gasteiger charge is -2.18. The van der Waals surface area contributed by atoms with Gasteiger partial charge >= 0.3 is 0 Å². The molecule has 1 aliphatic rings. The first-order valence-corrected chi connectivity index (χ1v) is 9.23. The molecule has 2 unspecified atom stereocenters. The lowest BCUT2D eigenvalue weighted by molar-refractivity contribution is 0.527. The molecule has 0 amide bonds. The van der Waals surface area contributed by atoms with Gasteiger partial charge in [-0.05, 0) is 18.1 Å². The number of anilines is 1. The van der Waals surface area contributed by atoms with Gasteiger partial charge in [-0.15, -0.1) is 0 Å². The van der Waals surface area contributed by atoms with Gasteiger partial charge in [-0.25, -0.2) is 12.7 Å². The van der Waals surface area contributed by atoms with Crippen molar-refractivity contribution in [3.8, 4) is 0 Å². The number of furan rings is 1. The summed E-state index contributed by atoms with van der Waals surface area (Å²) in [4.78, 5) is 0. The molecule has 2 heterocycles. The van der Waals surface area contributed by atoms with Gasteiger partial charge < -0.3 is 9.73 Å². The molecule has 23 heavy (non-hydrogen) atoms. The molecule has 1 aromatic carbocycles. The smallest absolute Gasteiger partial charge is 0.235 e. The van der Waals surface area contributed by atoms with E-state index in [1.807, 2.05) is 6.07 Å². The lowest BCUT2D eigenvalue weighted by atomic mass is 9.88. The molecule has 0 bridgehead atoms. The Morgan fingerprint density at radius 2 is 2.13 bits per heavy atom. The summed E-state index contributed by atoms with van der Waals surface area (Å²) in [5.74, 6) is 0.117. The SMILES string of the molecule is CC1CNc2c(Cl)ccc3occ(c23)C1C=CS(=O)(=O)N(C)C. The van der Waals surface area contributed by atoms with E-state index >= 15 is 0 Å². The van der Waals surface area contributed by atoms with Crippen molar-refractivity contribution in [3.63, 3.8) is 0 Å². The van der Waals surface area contributed by atoms with E-state index in [0.717, 1.165) is 22.2 Å². The largest absolute Gasteiger partial charge is 0.464 e. The quantitative estimate of drug-likeness (QED) is 0.914. The van der Waals surface area contributed by atoms with Gasteiger partial charge in [-0.2, -0.15) is 0 Å². The summed E-state index contributed by atoms with van der Waals surface area (Å²) in [7, 11) is -0.361. The standard InChI is InChI=1S/C16H19ClN2O3S/c1-10-8-18-16-13(17)4-5-14-15(16)12(9-22-14)11(10)6-7-23(20,21)19(2)3/h4-7,9-11,18H,8H2,1-3H3. The molecule has 0 saturated carbocycles. The van der Waals surface area contributed by atoms with Crippen molar-refractivity contribution in [3.05, 3.63) is 40.5 Å². The molecule has 5 nitrogen and oxygen atoms in total. The molecule has 1 aromatic heterocycles. The maximum Gasteiger partial charge on any atom is 0.235 e. The molecule has 0 fully saturated rings. The Bertz CT molecular complexity index is 871. The van der Waals surface area contributed by atoms with Gasteiger partial charge in [0.05, 0.1) is 17.0 Å². The Morgan fingerprint density at radius 1 is 1.39 bits per heavy atom. The van der Waals surface area contributed by atoms with Crippen LogP contribution in [-0.2, 0) is 10.0 Å². The highest BCUT2D eigenvalue weighted by molar-refractivity contribution is 7.92. The zero-order chi connectivity index (χ0) is 16.8. The third kappa shape index (κ3) is 2.86. The highest BCUT2D eigenvalue weighted by atomic mass is 35.5. The number of nitrogens with one attached hydrogen (secondary N) is 1. The summed E-state index contributed by atoms with van der Waals surface area (Å²) >= 11 is 6.30. The number of halogens is 1. The Kier molecular flexibility index (Phi) is 4.16.